The van der Waals surface area contributed by atoms with Crippen LogP contribution in [0.1, 0.15) is 66.2 Å². The molecule has 1 aliphatic heterocycles. The van der Waals surface area contributed by atoms with E-state index in [1.165, 1.54) is 51.6 Å². The van der Waals surface area contributed by atoms with Gasteiger partial charge in [0.1, 0.15) is 0 Å². The summed E-state index contributed by atoms with van der Waals surface area (Å²) in [5, 5.41) is 3.64. The number of piperidine rings is 1. The van der Waals surface area contributed by atoms with Gasteiger partial charge in [0.05, 0.1) is 0 Å². The second-order valence-electron chi connectivity index (χ2n) is 7.72. The number of nitrogens with one attached hydrogen (secondary N) is 1. The van der Waals surface area contributed by atoms with E-state index in [0.717, 1.165) is 12.0 Å². The fourth-order valence-corrected chi connectivity index (χ4v) is 3.65. The minimum absolute atomic E-state index is 0.247. The third-order valence-electron chi connectivity index (χ3n) is 5.07. The highest BCUT2D eigenvalue weighted by molar-refractivity contribution is 4.91. The Balaban J connectivity index is 1.75. The maximum atomic E-state index is 3.64. The fraction of sp³-hybridized carbons (Fsp3) is 1.00. The summed E-state index contributed by atoms with van der Waals surface area (Å²) in [4.78, 5) is 2.70. The molecule has 0 amide bonds. The van der Waals surface area contributed by atoms with Gasteiger partial charge in [-0.1, -0.05) is 12.8 Å². The molecule has 2 fully saturated rings. The first-order valence-electron chi connectivity index (χ1n) is 7.89. The van der Waals surface area contributed by atoms with E-state index in [0.29, 0.717) is 6.04 Å². The normalized spacial score (nSPS) is 26.7. The van der Waals surface area contributed by atoms with E-state index in [4.69, 9.17) is 0 Å². The van der Waals surface area contributed by atoms with Gasteiger partial charge in [-0.05, 0) is 71.9 Å². The van der Waals surface area contributed by atoms with Crippen molar-refractivity contribution in [2.75, 3.05) is 19.6 Å². The van der Waals surface area contributed by atoms with Crippen LogP contribution in [0, 0.1) is 5.41 Å². The molecule has 2 heteroatoms. The number of hydrogen-bond acceptors (Lipinski definition) is 2. The van der Waals surface area contributed by atoms with E-state index in [9.17, 15) is 0 Å². The van der Waals surface area contributed by atoms with Crippen LogP contribution >= 0.6 is 0 Å². The molecule has 1 unspecified atom stereocenters. The van der Waals surface area contributed by atoms with Crippen molar-refractivity contribution in [1.29, 1.82) is 0 Å². The molecule has 1 atom stereocenters. The largest absolute Gasteiger partial charge is 0.311 e. The second kappa shape index (κ2) is 5.50. The molecule has 1 saturated carbocycles. The van der Waals surface area contributed by atoms with Gasteiger partial charge in [0, 0.05) is 18.1 Å². The van der Waals surface area contributed by atoms with Gasteiger partial charge in [-0.15, -0.1) is 0 Å². The molecule has 0 aromatic rings. The third kappa shape index (κ3) is 3.71. The quantitative estimate of drug-likeness (QED) is 0.828. The highest BCUT2D eigenvalue weighted by Crippen LogP contribution is 2.46. The van der Waals surface area contributed by atoms with Gasteiger partial charge in [0.2, 0.25) is 0 Å². The van der Waals surface area contributed by atoms with Gasteiger partial charge in [0.25, 0.3) is 0 Å². The van der Waals surface area contributed by atoms with E-state index in [2.05, 4.69) is 37.9 Å². The molecule has 1 heterocycles. The molecule has 18 heavy (non-hydrogen) atoms. The number of likely N-dealkylation sites (tertiary alicyclic amines) is 1. The van der Waals surface area contributed by atoms with Crippen LogP contribution in [0.3, 0.4) is 0 Å². The van der Waals surface area contributed by atoms with Gasteiger partial charge in [0.15, 0.2) is 0 Å². The zero-order valence-electron chi connectivity index (χ0n) is 12.9. The summed E-state index contributed by atoms with van der Waals surface area (Å²) in [6, 6.07) is 0.683. The van der Waals surface area contributed by atoms with E-state index >= 15 is 0 Å². The Morgan fingerprint density at radius 2 is 1.61 bits per heavy atom. The minimum Gasteiger partial charge on any atom is -0.311 e. The lowest BCUT2D eigenvalue weighted by molar-refractivity contribution is 0.0789. The van der Waals surface area contributed by atoms with Crippen LogP contribution in [0.4, 0.5) is 0 Å². The summed E-state index contributed by atoms with van der Waals surface area (Å²) in [6.07, 6.45) is 8.90. The van der Waals surface area contributed by atoms with Crippen molar-refractivity contribution >= 4 is 0 Å². The van der Waals surface area contributed by atoms with Crippen LogP contribution in [-0.2, 0) is 0 Å². The molecule has 2 rings (SSSR count). The highest BCUT2D eigenvalue weighted by atomic mass is 15.2. The summed E-state index contributed by atoms with van der Waals surface area (Å²) >= 11 is 0. The summed E-state index contributed by atoms with van der Waals surface area (Å²) in [5.74, 6) is 0. The van der Waals surface area contributed by atoms with Gasteiger partial charge in [-0.2, -0.15) is 0 Å². The van der Waals surface area contributed by atoms with Crippen LogP contribution in [0.25, 0.3) is 0 Å². The van der Waals surface area contributed by atoms with Crippen molar-refractivity contribution in [3.05, 3.63) is 0 Å². The second-order valence-corrected chi connectivity index (χ2v) is 7.72. The van der Waals surface area contributed by atoms with Crippen LogP contribution in [-0.4, -0.2) is 36.1 Å². The van der Waals surface area contributed by atoms with Crippen LogP contribution in [0.2, 0.25) is 0 Å². The number of rotatable bonds is 3. The van der Waals surface area contributed by atoms with Crippen LogP contribution in [0.15, 0.2) is 0 Å². The lowest BCUT2D eigenvalue weighted by Crippen LogP contribution is -2.50. The van der Waals surface area contributed by atoms with E-state index in [1.54, 1.807) is 0 Å². The maximum Gasteiger partial charge on any atom is 0.0192 e. The molecule has 106 valence electrons. The SMILES string of the molecule is CC(CNC(C)(C)C)N1CCC2(CCCC2)CC1. The summed E-state index contributed by atoms with van der Waals surface area (Å²) < 4.78 is 0. The summed E-state index contributed by atoms with van der Waals surface area (Å²) in [5.41, 5.74) is 1.00. The molecule has 2 aliphatic rings. The third-order valence-corrected chi connectivity index (χ3v) is 5.07. The predicted molar refractivity (Wildman–Crippen MR) is 78.9 cm³/mol. The fourth-order valence-electron chi connectivity index (χ4n) is 3.65. The molecule has 0 bridgehead atoms. The first kappa shape index (κ1) is 14.3. The highest BCUT2D eigenvalue weighted by Gasteiger charge is 2.37. The zero-order valence-corrected chi connectivity index (χ0v) is 12.9. The molecule has 0 aromatic heterocycles. The van der Waals surface area contributed by atoms with E-state index in [1.807, 2.05) is 0 Å². The van der Waals surface area contributed by atoms with Gasteiger partial charge in [-0.25, -0.2) is 0 Å². The maximum absolute atomic E-state index is 3.64. The Kier molecular flexibility index (Phi) is 4.38. The number of hydrogen-bond donors (Lipinski definition) is 1. The Labute approximate surface area is 114 Å². The molecule has 1 saturated heterocycles. The Morgan fingerprint density at radius 3 is 2.11 bits per heavy atom. The Hall–Kier alpha value is -0.0800. The minimum atomic E-state index is 0.247. The molecule has 1 spiro atoms. The van der Waals surface area contributed by atoms with Crippen molar-refractivity contribution < 1.29 is 0 Å². The van der Waals surface area contributed by atoms with Crippen molar-refractivity contribution in [2.45, 2.75) is 77.8 Å². The Bertz CT molecular complexity index is 251. The van der Waals surface area contributed by atoms with Crippen LogP contribution in [0.5, 0.6) is 0 Å². The summed E-state index contributed by atoms with van der Waals surface area (Å²) in [6.45, 7) is 12.9. The van der Waals surface area contributed by atoms with Crippen molar-refractivity contribution in [3.63, 3.8) is 0 Å². The van der Waals surface area contributed by atoms with Crippen molar-refractivity contribution in [3.8, 4) is 0 Å². The molecule has 1 N–H and O–H groups in total. The Morgan fingerprint density at radius 1 is 1.06 bits per heavy atom. The van der Waals surface area contributed by atoms with E-state index in [-0.39, 0.29) is 5.54 Å². The van der Waals surface area contributed by atoms with Gasteiger partial charge in [-0.3, -0.25) is 4.90 Å². The zero-order chi connectivity index (χ0) is 13.2. The first-order valence-corrected chi connectivity index (χ1v) is 7.89. The van der Waals surface area contributed by atoms with Crippen molar-refractivity contribution in [2.24, 2.45) is 5.41 Å². The van der Waals surface area contributed by atoms with Gasteiger partial charge >= 0.3 is 0 Å². The van der Waals surface area contributed by atoms with Crippen molar-refractivity contribution in [1.82, 2.24) is 10.2 Å². The first-order chi connectivity index (χ1) is 8.40. The van der Waals surface area contributed by atoms with Crippen LogP contribution < -0.4 is 5.32 Å². The smallest absolute Gasteiger partial charge is 0.0192 e. The monoisotopic (exact) mass is 252 g/mol. The number of nitrogens with zero attached hydrogens (tertiary/aromatic N) is 1. The lowest BCUT2D eigenvalue weighted by atomic mass is 9.77. The molecular formula is C16H32N2. The topological polar surface area (TPSA) is 15.3 Å². The molecule has 2 nitrogen and oxygen atoms in total. The predicted octanol–water partition coefficient (Wildman–Crippen LogP) is 3.42. The molecule has 0 aromatic carbocycles. The van der Waals surface area contributed by atoms with Gasteiger partial charge < -0.3 is 5.32 Å². The average Bonchev–Trinajstić information content (AvgIpc) is 2.75. The lowest BCUT2D eigenvalue weighted by Gasteiger charge is -2.42. The summed E-state index contributed by atoms with van der Waals surface area (Å²) in [7, 11) is 0. The standard InChI is InChI=1S/C16H32N2/c1-14(13-17-15(2,3)4)18-11-9-16(10-12-18)7-5-6-8-16/h14,17H,5-13H2,1-4H3. The molecular weight excluding hydrogens is 220 g/mol. The molecule has 0 radical (unpaired) electrons. The average molecular weight is 252 g/mol. The molecule has 1 aliphatic carbocycles. The van der Waals surface area contributed by atoms with E-state index < -0.39 is 0 Å².